The van der Waals surface area contributed by atoms with Gasteiger partial charge in [-0.3, -0.25) is 10.1 Å². The van der Waals surface area contributed by atoms with Gasteiger partial charge in [0.15, 0.2) is 11.5 Å². The maximum Gasteiger partial charge on any atom is 0.243 e. The number of allylic oxidation sites excluding steroid dienone is 1. The molecule has 18 heavy (non-hydrogen) atoms. The second-order valence-corrected chi connectivity index (χ2v) is 3.47. The van der Waals surface area contributed by atoms with Gasteiger partial charge in [0.05, 0.1) is 26.3 Å². The maximum atomic E-state index is 10.6. The summed E-state index contributed by atoms with van der Waals surface area (Å²) in [4.78, 5) is 10.2. The molecule has 0 saturated carbocycles. The maximum absolute atomic E-state index is 10.6. The van der Waals surface area contributed by atoms with Gasteiger partial charge in [-0.05, 0) is 12.1 Å². The van der Waals surface area contributed by atoms with E-state index in [9.17, 15) is 10.1 Å². The monoisotopic (exact) mass is 253 g/mol. The Kier molecular flexibility index (Phi) is 4.53. The fraction of sp³-hybridized carbons (Fsp3) is 0.333. The number of ether oxygens (including phenoxy) is 3. The highest BCUT2D eigenvalue weighted by molar-refractivity contribution is 5.67. The van der Waals surface area contributed by atoms with Crippen LogP contribution in [-0.4, -0.2) is 26.3 Å². The van der Waals surface area contributed by atoms with Gasteiger partial charge in [0, 0.05) is 18.6 Å². The van der Waals surface area contributed by atoms with Crippen molar-refractivity contribution in [3.63, 3.8) is 0 Å². The number of benzene rings is 1. The molecule has 0 heterocycles. The van der Waals surface area contributed by atoms with Crippen molar-refractivity contribution in [1.29, 1.82) is 0 Å². The summed E-state index contributed by atoms with van der Waals surface area (Å²) in [5, 5.41) is 10.6. The van der Waals surface area contributed by atoms with Crippen LogP contribution in [0.1, 0.15) is 12.5 Å². The summed E-state index contributed by atoms with van der Waals surface area (Å²) in [6.45, 7) is 1.41. The molecule has 0 unspecified atom stereocenters. The van der Waals surface area contributed by atoms with Crippen LogP contribution in [-0.2, 0) is 0 Å². The van der Waals surface area contributed by atoms with Gasteiger partial charge < -0.3 is 14.2 Å². The highest BCUT2D eigenvalue weighted by atomic mass is 16.6. The van der Waals surface area contributed by atoms with Gasteiger partial charge in [-0.1, -0.05) is 0 Å². The van der Waals surface area contributed by atoms with Crippen LogP contribution in [0.5, 0.6) is 17.2 Å². The summed E-state index contributed by atoms with van der Waals surface area (Å²) in [6.07, 6.45) is 1.42. The van der Waals surface area contributed by atoms with Crippen LogP contribution in [0, 0.1) is 10.1 Å². The third-order valence-corrected chi connectivity index (χ3v) is 2.39. The van der Waals surface area contributed by atoms with Crippen LogP contribution in [0.3, 0.4) is 0 Å². The zero-order valence-electron chi connectivity index (χ0n) is 10.7. The van der Waals surface area contributed by atoms with E-state index < -0.39 is 4.92 Å². The van der Waals surface area contributed by atoms with Crippen LogP contribution in [0.4, 0.5) is 0 Å². The molecule has 0 radical (unpaired) electrons. The number of hydrogen-bond donors (Lipinski definition) is 0. The molecule has 1 rings (SSSR count). The molecular weight excluding hydrogens is 238 g/mol. The molecule has 0 fully saturated rings. The van der Waals surface area contributed by atoms with E-state index in [4.69, 9.17) is 14.2 Å². The van der Waals surface area contributed by atoms with E-state index in [2.05, 4.69) is 0 Å². The first kappa shape index (κ1) is 13.8. The average molecular weight is 253 g/mol. The topological polar surface area (TPSA) is 70.8 Å². The standard InChI is InChI=1S/C12H15NO5/c1-8(13(14)15)7-9-5-6-10(16-2)12(18-4)11(9)17-3/h5-7H,1-4H3/b8-7+. The molecule has 6 heteroatoms. The number of nitro groups is 1. The molecule has 0 N–H and O–H groups in total. The van der Waals surface area contributed by atoms with Crippen molar-refractivity contribution in [2.24, 2.45) is 0 Å². The van der Waals surface area contributed by atoms with Crippen molar-refractivity contribution in [1.82, 2.24) is 0 Å². The van der Waals surface area contributed by atoms with Gasteiger partial charge in [-0.25, -0.2) is 0 Å². The van der Waals surface area contributed by atoms with Crippen molar-refractivity contribution >= 4 is 6.08 Å². The van der Waals surface area contributed by atoms with Crippen molar-refractivity contribution in [3.05, 3.63) is 33.5 Å². The summed E-state index contributed by atoms with van der Waals surface area (Å²) in [6, 6.07) is 3.34. The number of hydrogen-bond acceptors (Lipinski definition) is 5. The van der Waals surface area contributed by atoms with Crippen LogP contribution in [0.25, 0.3) is 6.08 Å². The smallest absolute Gasteiger partial charge is 0.243 e. The molecular formula is C12H15NO5. The molecule has 1 aromatic rings. The van der Waals surface area contributed by atoms with Crippen molar-refractivity contribution in [3.8, 4) is 17.2 Å². The molecule has 0 saturated heterocycles. The Balaban J connectivity index is 3.38. The minimum absolute atomic E-state index is 0.0144. The van der Waals surface area contributed by atoms with E-state index >= 15 is 0 Å². The van der Waals surface area contributed by atoms with Gasteiger partial charge in [0.1, 0.15) is 0 Å². The lowest BCUT2D eigenvalue weighted by Crippen LogP contribution is -1.98. The predicted octanol–water partition coefficient (Wildman–Crippen LogP) is 2.35. The van der Waals surface area contributed by atoms with Crippen molar-refractivity contribution in [2.45, 2.75) is 6.92 Å². The molecule has 0 spiro atoms. The van der Waals surface area contributed by atoms with Gasteiger partial charge in [0.2, 0.25) is 11.4 Å². The van der Waals surface area contributed by atoms with Crippen LogP contribution in [0.15, 0.2) is 17.8 Å². The second-order valence-electron chi connectivity index (χ2n) is 3.47. The lowest BCUT2D eigenvalue weighted by Gasteiger charge is -2.13. The molecule has 0 aliphatic rings. The highest BCUT2D eigenvalue weighted by Gasteiger charge is 2.16. The average Bonchev–Trinajstić information content (AvgIpc) is 2.37. The normalized spacial score (nSPS) is 11.0. The van der Waals surface area contributed by atoms with Gasteiger partial charge in [0.25, 0.3) is 0 Å². The van der Waals surface area contributed by atoms with Crippen molar-refractivity contribution in [2.75, 3.05) is 21.3 Å². The lowest BCUT2D eigenvalue weighted by molar-refractivity contribution is -0.422. The number of rotatable bonds is 5. The Labute approximate surface area is 105 Å². The third kappa shape index (κ3) is 2.71. The highest BCUT2D eigenvalue weighted by Crippen LogP contribution is 2.40. The molecule has 0 aliphatic heterocycles. The first-order valence-electron chi connectivity index (χ1n) is 5.16. The zero-order valence-corrected chi connectivity index (χ0v) is 10.7. The molecule has 1 aromatic carbocycles. The fourth-order valence-corrected chi connectivity index (χ4v) is 1.52. The fourth-order valence-electron chi connectivity index (χ4n) is 1.52. The first-order valence-corrected chi connectivity index (χ1v) is 5.16. The van der Waals surface area contributed by atoms with Crippen molar-refractivity contribution < 1.29 is 19.1 Å². The Morgan fingerprint density at radius 1 is 1.17 bits per heavy atom. The molecule has 0 bridgehead atoms. The molecule has 0 aliphatic carbocycles. The molecule has 0 atom stereocenters. The molecule has 98 valence electrons. The lowest BCUT2D eigenvalue weighted by atomic mass is 10.1. The summed E-state index contributed by atoms with van der Waals surface area (Å²) < 4.78 is 15.5. The van der Waals surface area contributed by atoms with E-state index in [1.54, 1.807) is 12.1 Å². The number of methoxy groups -OCH3 is 3. The van der Waals surface area contributed by atoms with Crippen LogP contribution in [0.2, 0.25) is 0 Å². The summed E-state index contributed by atoms with van der Waals surface area (Å²) in [7, 11) is 4.46. The molecule has 0 amide bonds. The predicted molar refractivity (Wildman–Crippen MR) is 66.7 cm³/mol. The molecule has 6 nitrogen and oxygen atoms in total. The van der Waals surface area contributed by atoms with E-state index in [0.717, 1.165) is 0 Å². The van der Waals surface area contributed by atoms with E-state index in [1.807, 2.05) is 0 Å². The summed E-state index contributed by atoms with van der Waals surface area (Å²) in [5.74, 6) is 1.31. The Bertz CT molecular complexity index is 482. The minimum atomic E-state index is -0.462. The van der Waals surface area contributed by atoms with Gasteiger partial charge in [-0.2, -0.15) is 0 Å². The second kappa shape index (κ2) is 5.90. The first-order chi connectivity index (χ1) is 8.54. The van der Waals surface area contributed by atoms with E-state index in [0.29, 0.717) is 22.8 Å². The van der Waals surface area contributed by atoms with Crippen LogP contribution >= 0.6 is 0 Å². The Morgan fingerprint density at radius 2 is 1.78 bits per heavy atom. The minimum Gasteiger partial charge on any atom is -0.493 e. The summed E-state index contributed by atoms with van der Waals surface area (Å²) in [5.41, 5.74) is 0.574. The third-order valence-electron chi connectivity index (χ3n) is 2.39. The quantitative estimate of drug-likeness (QED) is 0.595. The zero-order chi connectivity index (χ0) is 13.7. The van der Waals surface area contributed by atoms with E-state index in [1.165, 1.54) is 34.3 Å². The van der Waals surface area contributed by atoms with Crippen LogP contribution < -0.4 is 14.2 Å². The Morgan fingerprint density at radius 3 is 2.22 bits per heavy atom. The van der Waals surface area contributed by atoms with Gasteiger partial charge >= 0.3 is 0 Å². The largest absolute Gasteiger partial charge is 0.493 e. The van der Waals surface area contributed by atoms with Gasteiger partial charge in [-0.15, -0.1) is 0 Å². The number of nitrogens with zero attached hydrogens (tertiary/aromatic N) is 1. The van der Waals surface area contributed by atoms with E-state index in [-0.39, 0.29) is 5.70 Å². The summed E-state index contributed by atoms with van der Waals surface area (Å²) >= 11 is 0. The Hall–Kier alpha value is -2.24. The molecule has 0 aromatic heterocycles. The SMILES string of the molecule is COc1ccc(/C=C(\C)[N+](=O)[O-])c(OC)c1OC.